The normalized spacial score (nSPS) is 18.7. The maximum absolute atomic E-state index is 12.5. The van der Waals surface area contributed by atoms with Crippen LogP contribution in [0.2, 0.25) is 0 Å². The van der Waals surface area contributed by atoms with Crippen molar-refractivity contribution >= 4 is 27.8 Å². The van der Waals surface area contributed by atoms with Gasteiger partial charge in [0.2, 0.25) is 0 Å². The highest BCUT2D eigenvalue weighted by Gasteiger charge is 2.35. The van der Waals surface area contributed by atoms with Crippen LogP contribution in [-0.2, 0) is 24.2 Å². The highest BCUT2D eigenvalue weighted by Crippen LogP contribution is 2.19. The van der Waals surface area contributed by atoms with Gasteiger partial charge in [-0.3, -0.25) is 4.79 Å². The van der Waals surface area contributed by atoms with Gasteiger partial charge in [-0.25, -0.2) is 13.2 Å². The summed E-state index contributed by atoms with van der Waals surface area (Å²) in [5, 5.41) is 0. The van der Waals surface area contributed by atoms with Gasteiger partial charge in [-0.05, 0) is 30.9 Å². The second kappa shape index (κ2) is 9.17. The van der Waals surface area contributed by atoms with Crippen molar-refractivity contribution in [2.75, 3.05) is 24.7 Å². The second-order valence-electron chi connectivity index (χ2n) is 7.35. The zero-order valence-corrected chi connectivity index (χ0v) is 16.9. The molecule has 0 bridgehead atoms. The van der Waals surface area contributed by atoms with Gasteiger partial charge in [-0.1, -0.05) is 43.7 Å². The molecule has 1 aliphatic heterocycles. The summed E-state index contributed by atoms with van der Waals surface area (Å²) in [6.45, 7) is 5.93. The number of sulfone groups is 1. The smallest absolute Gasteiger partial charge is 0.331 e. The van der Waals surface area contributed by atoms with Crippen LogP contribution in [0.25, 0.3) is 6.08 Å². The first kappa shape index (κ1) is 21.2. The van der Waals surface area contributed by atoms with Gasteiger partial charge >= 0.3 is 5.97 Å². The molecule has 0 saturated carbocycles. The lowest BCUT2D eigenvalue weighted by Crippen LogP contribution is -2.45. The van der Waals surface area contributed by atoms with Crippen molar-refractivity contribution in [2.24, 2.45) is 5.92 Å². The minimum atomic E-state index is -3.10. The Morgan fingerprint density at radius 3 is 2.67 bits per heavy atom. The third-order valence-electron chi connectivity index (χ3n) is 4.32. The third kappa shape index (κ3) is 6.82. The Morgan fingerprint density at radius 1 is 1.33 bits per heavy atom. The molecule has 1 amide bonds. The molecule has 0 N–H and O–H groups in total. The number of nitrogens with zero attached hydrogens (tertiary/aromatic N) is 1. The van der Waals surface area contributed by atoms with Crippen molar-refractivity contribution in [2.45, 2.75) is 33.2 Å². The minimum absolute atomic E-state index is 0.0212. The van der Waals surface area contributed by atoms with Gasteiger partial charge in [0.15, 0.2) is 16.4 Å². The topological polar surface area (TPSA) is 80.8 Å². The van der Waals surface area contributed by atoms with Crippen LogP contribution in [0.15, 0.2) is 30.3 Å². The fraction of sp³-hybridized carbons (Fsp3) is 0.500. The van der Waals surface area contributed by atoms with E-state index in [9.17, 15) is 18.0 Å². The van der Waals surface area contributed by atoms with Crippen LogP contribution < -0.4 is 0 Å². The highest BCUT2D eigenvalue weighted by molar-refractivity contribution is 7.91. The Labute approximate surface area is 161 Å². The fourth-order valence-electron chi connectivity index (χ4n) is 3.07. The molecular formula is C20H27NO5S. The fourth-order valence-corrected chi connectivity index (χ4v) is 4.80. The quantitative estimate of drug-likeness (QED) is 0.524. The number of rotatable bonds is 7. The molecule has 1 fully saturated rings. The Bertz CT molecular complexity index is 813. The van der Waals surface area contributed by atoms with E-state index in [-0.39, 0.29) is 36.0 Å². The predicted octanol–water partition coefficient (Wildman–Crippen LogP) is 2.22. The van der Waals surface area contributed by atoms with Crippen LogP contribution in [0.3, 0.4) is 0 Å². The number of ether oxygens (including phenoxy) is 1. The molecule has 1 aliphatic rings. The standard InChI is InChI=1S/C20H27NO5S/c1-15(2)12-21(18-9-10-27(24,25)14-18)19(22)13-26-20(23)8-7-17-6-4-5-16(3)11-17/h4-8,11,15,18H,9-10,12-14H2,1-3H3/b8-7+/t18-/m1/s1. The van der Waals surface area contributed by atoms with Crippen molar-refractivity contribution in [3.05, 3.63) is 41.5 Å². The van der Waals surface area contributed by atoms with Crippen molar-refractivity contribution < 1.29 is 22.7 Å². The number of carbonyl (C=O) groups excluding carboxylic acids is 2. The van der Waals surface area contributed by atoms with Crippen LogP contribution in [0.5, 0.6) is 0 Å². The molecule has 0 aromatic heterocycles. The number of benzene rings is 1. The maximum atomic E-state index is 12.5. The summed E-state index contributed by atoms with van der Waals surface area (Å²) in [5.74, 6) is -0.698. The summed E-state index contributed by atoms with van der Waals surface area (Å²) >= 11 is 0. The monoisotopic (exact) mass is 393 g/mol. The number of amides is 1. The van der Waals surface area contributed by atoms with Gasteiger partial charge in [0.05, 0.1) is 11.5 Å². The molecule has 0 aliphatic carbocycles. The largest absolute Gasteiger partial charge is 0.452 e. The Kier molecular flexibility index (Phi) is 7.18. The summed E-state index contributed by atoms with van der Waals surface area (Å²) < 4.78 is 28.5. The molecule has 1 atom stereocenters. The Hall–Kier alpha value is -2.15. The lowest BCUT2D eigenvalue weighted by molar-refractivity contribution is -0.149. The Morgan fingerprint density at radius 2 is 2.07 bits per heavy atom. The zero-order chi connectivity index (χ0) is 20.0. The van der Waals surface area contributed by atoms with Crippen LogP contribution in [0.1, 0.15) is 31.4 Å². The van der Waals surface area contributed by atoms with E-state index in [2.05, 4.69) is 0 Å². The summed E-state index contributed by atoms with van der Waals surface area (Å²) in [7, 11) is -3.10. The molecular weight excluding hydrogens is 366 g/mol. The molecule has 27 heavy (non-hydrogen) atoms. The molecule has 0 unspecified atom stereocenters. The molecule has 1 heterocycles. The highest BCUT2D eigenvalue weighted by atomic mass is 32.2. The molecule has 1 aromatic carbocycles. The first-order chi connectivity index (χ1) is 12.7. The van der Waals surface area contributed by atoms with Gasteiger partial charge in [0.1, 0.15) is 0 Å². The van der Waals surface area contributed by atoms with E-state index in [4.69, 9.17) is 4.74 Å². The molecule has 7 heteroatoms. The predicted molar refractivity (Wildman–Crippen MR) is 105 cm³/mol. The zero-order valence-electron chi connectivity index (χ0n) is 16.1. The van der Waals surface area contributed by atoms with Crippen LogP contribution in [0, 0.1) is 12.8 Å². The van der Waals surface area contributed by atoms with Gasteiger partial charge in [-0.15, -0.1) is 0 Å². The number of aryl methyl sites for hydroxylation is 1. The van der Waals surface area contributed by atoms with E-state index in [1.807, 2.05) is 45.0 Å². The van der Waals surface area contributed by atoms with Gasteiger partial charge in [0, 0.05) is 18.7 Å². The molecule has 0 spiro atoms. The summed E-state index contributed by atoms with van der Waals surface area (Å²) in [6.07, 6.45) is 3.35. The van der Waals surface area contributed by atoms with Crippen LogP contribution in [0.4, 0.5) is 0 Å². The minimum Gasteiger partial charge on any atom is -0.452 e. The van der Waals surface area contributed by atoms with Crippen LogP contribution >= 0.6 is 0 Å². The van der Waals surface area contributed by atoms with E-state index in [0.29, 0.717) is 13.0 Å². The number of esters is 1. The molecule has 1 aromatic rings. The lowest BCUT2D eigenvalue weighted by Gasteiger charge is -2.29. The van der Waals surface area contributed by atoms with Crippen molar-refractivity contribution in [3.8, 4) is 0 Å². The molecule has 0 radical (unpaired) electrons. The lowest BCUT2D eigenvalue weighted by atomic mass is 10.1. The summed E-state index contributed by atoms with van der Waals surface area (Å²) in [6, 6.07) is 7.31. The first-order valence-electron chi connectivity index (χ1n) is 9.07. The first-order valence-corrected chi connectivity index (χ1v) is 10.9. The van der Waals surface area contributed by atoms with E-state index in [0.717, 1.165) is 11.1 Å². The van der Waals surface area contributed by atoms with Crippen molar-refractivity contribution in [1.29, 1.82) is 0 Å². The molecule has 1 saturated heterocycles. The van der Waals surface area contributed by atoms with Crippen molar-refractivity contribution in [1.82, 2.24) is 4.90 Å². The SMILES string of the molecule is Cc1cccc(/C=C/C(=O)OCC(=O)N(CC(C)C)[C@@H]2CCS(=O)(=O)C2)c1. The van der Waals surface area contributed by atoms with Gasteiger partial charge < -0.3 is 9.64 Å². The van der Waals surface area contributed by atoms with E-state index in [1.54, 1.807) is 11.0 Å². The third-order valence-corrected chi connectivity index (χ3v) is 6.07. The van der Waals surface area contributed by atoms with Gasteiger partial charge in [0.25, 0.3) is 5.91 Å². The van der Waals surface area contributed by atoms with E-state index >= 15 is 0 Å². The second-order valence-corrected chi connectivity index (χ2v) is 9.58. The van der Waals surface area contributed by atoms with Crippen molar-refractivity contribution in [3.63, 3.8) is 0 Å². The molecule has 148 valence electrons. The number of hydrogen-bond donors (Lipinski definition) is 0. The number of hydrogen-bond acceptors (Lipinski definition) is 5. The van der Waals surface area contributed by atoms with E-state index < -0.39 is 15.8 Å². The number of carbonyl (C=O) groups is 2. The molecule has 6 nitrogen and oxygen atoms in total. The summed E-state index contributed by atoms with van der Waals surface area (Å²) in [4.78, 5) is 26.0. The van der Waals surface area contributed by atoms with E-state index in [1.165, 1.54) is 6.08 Å². The maximum Gasteiger partial charge on any atom is 0.331 e. The summed E-state index contributed by atoms with van der Waals surface area (Å²) in [5.41, 5.74) is 1.95. The average Bonchev–Trinajstić information content (AvgIpc) is 2.95. The molecule has 2 rings (SSSR count). The average molecular weight is 394 g/mol. The van der Waals surface area contributed by atoms with Gasteiger partial charge in [-0.2, -0.15) is 0 Å². The van der Waals surface area contributed by atoms with Crippen LogP contribution in [-0.4, -0.2) is 55.9 Å². The Balaban J connectivity index is 1.93.